The second-order valence-electron chi connectivity index (χ2n) is 6.30. The molecule has 0 amide bonds. The molecular formula is C16H27ClN2S. The predicted molar refractivity (Wildman–Crippen MR) is 94.3 cm³/mol. The van der Waals surface area contributed by atoms with Crippen LogP contribution in [0, 0.1) is 0 Å². The maximum atomic E-state index is 6.44. The summed E-state index contributed by atoms with van der Waals surface area (Å²) in [5.74, 6) is 1.10. The molecule has 0 bridgehead atoms. The first-order chi connectivity index (χ1) is 9.24. The Morgan fingerprint density at radius 2 is 2.00 bits per heavy atom. The summed E-state index contributed by atoms with van der Waals surface area (Å²) in [4.78, 5) is 2.25. The SMILES string of the molecule is CSCC(C)N(C)c1ccc(CNC(C)(C)C)cc1Cl. The van der Waals surface area contributed by atoms with Crippen LogP contribution < -0.4 is 10.2 Å². The minimum absolute atomic E-state index is 0.120. The summed E-state index contributed by atoms with van der Waals surface area (Å²) in [5.41, 5.74) is 2.45. The highest BCUT2D eigenvalue weighted by atomic mass is 35.5. The van der Waals surface area contributed by atoms with E-state index in [1.807, 2.05) is 11.8 Å². The molecule has 0 spiro atoms. The average Bonchev–Trinajstić information content (AvgIpc) is 2.35. The third kappa shape index (κ3) is 5.55. The largest absolute Gasteiger partial charge is 0.370 e. The van der Waals surface area contributed by atoms with E-state index in [0.717, 1.165) is 23.0 Å². The number of nitrogens with one attached hydrogen (secondary N) is 1. The second kappa shape index (κ2) is 7.58. The fraction of sp³-hybridized carbons (Fsp3) is 0.625. The molecule has 1 rings (SSSR count). The zero-order chi connectivity index (χ0) is 15.3. The lowest BCUT2D eigenvalue weighted by Crippen LogP contribution is -2.35. The van der Waals surface area contributed by atoms with Gasteiger partial charge >= 0.3 is 0 Å². The van der Waals surface area contributed by atoms with E-state index in [0.29, 0.717) is 6.04 Å². The third-order valence-corrected chi connectivity index (χ3v) is 4.40. The highest BCUT2D eigenvalue weighted by molar-refractivity contribution is 7.98. The van der Waals surface area contributed by atoms with Gasteiger partial charge in [-0.3, -0.25) is 0 Å². The number of rotatable bonds is 6. The molecular weight excluding hydrogens is 288 g/mol. The molecule has 0 aliphatic rings. The van der Waals surface area contributed by atoms with Crippen molar-refractivity contribution in [1.29, 1.82) is 0 Å². The quantitative estimate of drug-likeness (QED) is 0.837. The maximum absolute atomic E-state index is 6.44. The summed E-state index contributed by atoms with van der Waals surface area (Å²) < 4.78 is 0. The normalized spacial score (nSPS) is 13.3. The Morgan fingerprint density at radius 1 is 1.35 bits per heavy atom. The summed E-state index contributed by atoms with van der Waals surface area (Å²) in [7, 11) is 2.11. The first kappa shape index (κ1) is 17.7. The molecule has 0 aliphatic heterocycles. The van der Waals surface area contributed by atoms with Gasteiger partial charge in [-0.25, -0.2) is 0 Å². The van der Waals surface area contributed by atoms with Gasteiger partial charge in [-0.15, -0.1) is 0 Å². The van der Waals surface area contributed by atoms with E-state index < -0.39 is 0 Å². The minimum atomic E-state index is 0.120. The summed E-state index contributed by atoms with van der Waals surface area (Å²) >= 11 is 8.30. The van der Waals surface area contributed by atoms with Crippen LogP contribution in [0.25, 0.3) is 0 Å². The predicted octanol–water partition coefficient (Wildman–Crippen LogP) is 4.42. The van der Waals surface area contributed by atoms with Gasteiger partial charge in [-0.2, -0.15) is 11.8 Å². The molecule has 1 aromatic rings. The summed E-state index contributed by atoms with van der Waals surface area (Å²) in [6.45, 7) is 9.57. The number of nitrogens with zero attached hydrogens (tertiary/aromatic N) is 1. The van der Waals surface area contributed by atoms with Crippen LogP contribution in [0.2, 0.25) is 5.02 Å². The van der Waals surface area contributed by atoms with Crippen molar-refractivity contribution in [3.63, 3.8) is 0 Å². The van der Waals surface area contributed by atoms with Crippen molar-refractivity contribution >= 4 is 29.1 Å². The van der Waals surface area contributed by atoms with Gasteiger partial charge < -0.3 is 10.2 Å². The van der Waals surface area contributed by atoms with Crippen LogP contribution >= 0.6 is 23.4 Å². The number of hydrogen-bond acceptors (Lipinski definition) is 3. The zero-order valence-electron chi connectivity index (χ0n) is 13.5. The van der Waals surface area contributed by atoms with Crippen LogP contribution in [0.4, 0.5) is 5.69 Å². The molecule has 2 nitrogen and oxygen atoms in total. The highest BCUT2D eigenvalue weighted by Gasteiger charge is 2.14. The lowest BCUT2D eigenvalue weighted by Gasteiger charge is -2.28. The van der Waals surface area contributed by atoms with Crippen molar-refractivity contribution in [3.8, 4) is 0 Å². The van der Waals surface area contributed by atoms with Gasteiger partial charge in [0.15, 0.2) is 0 Å². The molecule has 4 heteroatoms. The molecule has 114 valence electrons. The molecule has 0 saturated carbocycles. The number of halogens is 1. The fourth-order valence-electron chi connectivity index (χ4n) is 1.90. The fourth-order valence-corrected chi connectivity index (χ4v) is 2.95. The van der Waals surface area contributed by atoms with Crippen LogP contribution in [0.3, 0.4) is 0 Å². The van der Waals surface area contributed by atoms with Gasteiger partial charge in [0.25, 0.3) is 0 Å². The first-order valence-corrected chi connectivity index (χ1v) is 8.77. The molecule has 1 unspecified atom stereocenters. The number of thioether (sulfide) groups is 1. The number of benzene rings is 1. The van der Waals surface area contributed by atoms with Gasteiger partial charge in [0.05, 0.1) is 10.7 Å². The van der Waals surface area contributed by atoms with Gasteiger partial charge in [-0.05, 0) is 51.6 Å². The van der Waals surface area contributed by atoms with E-state index in [-0.39, 0.29) is 5.54 Å². The first-order valence-electron chi connectivity index (χ1n) is 7.00. The third-order valence-electron chi connectivity index (χ3n) is 3.28. The Morgan fingerprint density at radius 3 is 2.50 bits per heavy atom. The van der Waals surface area contributed by atoms with E-state index in [1.165, 1.54) is 5.56 Å². The molecule has 1 N–H and O–H groups in total. The molecule has 20 heavy (non-hydrogen) atoms. The second-order valence-corrected chi connectivity index (χ2v) is 7.62. The van der Waals surface area contributed by atoms with Gasteiger partial charge in [0, 0.05) is 30.9 Å². The molecule has 0 fully saturated rings. The lowest BCUT2D eigenvalue weighted by molar-refractivity contribution is 0.424. The number of hydrogen-bond donors (Lipinski definition) is 1. The van der Waals surface area contributed by atoms with Crippen molar-refractivity contribution in [2.75, 3.05) is 24.0 Å². The Hall–Kier alpha value is -0.380. The van der Waals surface area contributed by atoms with Gasteiger partial charge in [-0.1, -0.05) is 17.7 Å². The van der Waals surface area contributed by atoms with Crippen molar-refractivity contribution in [2.24, 2.45) is 0 Å². The molecule has 0 saturated heterocycles. The summed E-state index contributed by atoms with van der Waals surface area (Å²) in [5, 5.41) is 4.31. The highest BCUT2D eigenvalue weighted by Crippen LogP contribution is 2.28. The van der Waals surface area contributed by atoms with Crippen molar-refractivity contribution in [1.82, 2.24) is 5.32 Å². The van der Waals surface area contributed by atoms with Crippen molar-refractivity contribution in [3.05, 3.63) is 28.8 Å². The van der Waals surface area contributed by atoms with Crippen molar-refractivity contribution < 1.29 is 0 Å². The standard InChI is InChI=1S/C16H27ClN2S/c1-12(11-20-6)19(5)15-8-7-13(9-14(15)17)10-18-16(2,3)4/h7-9,12,18H,10-11H2,1-6H3. The summed E-state index contributed by atoms with van der Waals surface area (Å²) in [6.07, 6.45) is 2.13. The Balaban J connectivity index is 2.77. The van der Waals surface area contributed by atoms with E-state index >= 15 is 0 Å². The topological polar surface area (TPSA) is 15.3 Å². The molecule has 1 atom stereocenters. The van der Waals surface area contributed by atoms with E-state index in [9.17, 15) is 0 Å². The molecule has 0 aromatic heterocycles. The minimum Gasteiger partial charge on any atom is -0.370 e. The van der Waals surface area contributed by atoms with E-state index in [4.69, 9.17) is 11.6 Å². The Bertz CT molecular complexity index is 429. The molecule has 0 aliphatic carbocycles. The Labute approximate surface area is 133 Å². The van der Waals surface area contributed by atoms with Crippen LogP contribution in [0.5, 0.6) is 0 Å². The Kier molecular flexibility index (Phi) is 6.70. The van der Waals surface area contributed by atoms with Crippen LogP contribution in [-0.2, 0) is 6.54 Å². The van der Waals surface area contributed by atoms with Crippen molar-refractivity contribution in [2.45, 2.75) is 45.8 Å². The average molecular weight is 315 g/mol. The van der Waals surface area contributed by atoms with Gasteiger partial charge in [0.2, 0.25) is 0 Å². The lowest BCUT2D eigenvalue weighted by atomic mass is 10.1. The van der Waals surface area contributed by atoms with Crippen LogP contribution in [0.1, 0.15) is 33.3 Å². The zero-order valence-corrected chi connectivity index (χ0v) is 15.0. The monoisotopic (exact) mass is 314 g/mol. The molecule has 0 heterocycles. The van der Waals surface area contributed by atoms with Crippen LogP contribution in [-0.4, -0.2) is 30.6 Å². The smallest absolute Gasteiger partial charge is 0.0642 e. The number of anilines is 1. The summed E-state index contributed by atoms with van der Waals surface area (Å²) in [6, 6.07) is 6.82. The van der Waals surface area contributed by atoms with E-state index in [2.05, 4.69) is 69.4 Å². The van der Waals surface area contributed by atoms with Gasteiger partial charge in [0.1, 0.15) is 0 Å². The maximum Gasteiger partial charge on any atom is 0.0642 e. The van der Waals surface area contributed by atoms with E-state index in [1.54, 1.807) is 0 Å². The molecule has 0 radical (unpaired) electrons. The van der Waals surface area contributed by atoms with Crippen LogP contribution in [0.15, 0.2) is 18.2 Å². The molecule has 1 aromatic carbocycles.